The first-order valence-corrected chi connectivity index (χ1v) is 3.43. The average molecular weight is 145 g/mol. The van der Waals surface area contributed by atoms with Crippen LogP contribution in [0.3, 0.4) is 0 Å². The van der Waals surface area contributed by atoms with Crippen LogP contribution >= 0.6 is 0 Å². The van der Waals surface area contributed by atoms with E-state index in [0.29, 0.717) is 0 Å². The maximum Gasteiger partial charge on any atom is 0.210 e. The van der Waals surface area contributed by atoms with Crippen molar-refractivity contribution in [2.24, 2.45) is 0 Å². The highest BCUT2D eigenvalue weighted by molar-refractivity contribution is 5.39. The van der Waals surface area contributed by atoms with Crippen LogP contribution in [0.15, 0.2) is 42.7 Å². The van der Waals surface area contributed by atoms with Gasteiger partial charge in [0.25, 0.3) is 0 Å². The van der Waals surface area contributed by atoms with Crippen molar-refractivity contribution < 1.29 is 9.51 Å². The predicted octanol–water partition coefficient (Wildman–Crippen LogP) is 0.499. The van der Waals surface area contributed by atoms with Gasteiger partial charge >= 0.3 is 0 Å². The zero-order valence-corrected chi connectivity index (χ0v) is 5.90. The minimum atomic E-state index is 0.0358. The standard InChI is InChI=1S/C9H7NO/c11-9-5-4-8-3-1-2-6-10(8)7-9/h1-7H. The lowest BCUT2D eigenvalue weighted by molar-refractivity contribution is -0.517. The number of fused-ring (bicyclic) bond motifs is 1. The molecule has 0 aliphatic heterocycles. The van der Waals surface area contributed by atoms with E-state index in [1.165, 1.54) is 0 Å². The van der Waals surface area contributed by atoms with Crippen molar-refractivity contribution >= 4 is 5.52 Å². The zero-order chi connectivity index (χ0) is 7.68. The van der Waals surface area contributed by atoms with Crippen molar-refractivity contribution in [1.82, 2.24) is 0 Å². The Morgan fingerprint density at radius 1 is 1.09 bits per heavy atom. The van der Waals surface area contributed by atoms with E-state index < -0.39 is 0 Å². The Morgan fingerprint density at radius 3 is 2.91 bits per heavy atom. The number of hydrogen-bond donors (Lipinski definition) is 0. The molecule has 0 bridgehead atoms. The van der Waals surface area contributed by atoms with Gasteiger partial charge in [-0.3, -0.25) is 0 Å². The van der Waals surface area contributed by atoms with E-state index in [1.807, 2.05) is 34.9 Å². The van der Waals surface area contributed by atoms with Crippen LogP contribution in [0.5, 0.6) is 5.75 Å². The van der Waals surface area contributed by atoms with Crippen LogP contribution in [0, 0.1) is 0 Å². The molecule has 0 aliphatic rings. The number of pyridine rings is 2. The van der Waals surface area contributed by atoms with E-state index in [1.54, 1.807) is 12.3 Å². The average Bonchev–Trinajstić information content (AvgIpc) is 2.04. The SMILES string of the molecule is [O-]c1ccc2cccc[n+]2c1. The van der Waals surface area contributed by atoms with Gasteiger partial charge in [0.05, 0.1) is 0 Å². The molecule has 0 atom stereocenters. The molecule has 2 heteroatoms. The summed E-state index contributed by atoms with van der Waals surface area (Å²) < 4.78 is 1.81. The van der Waals surface area contributed by atoms with Gasteiger partial charge < -0.3 is 5.11 Å². The van der Waals surface area contributed by atoms with Crippen molar-refractivity contribution in [3.63, 3.8) is 0 Å². The Morgan fingerprint density at radius 2 is 2.00 bits per heavy atom. The molecule has 0 amide bonds. The van der Waals surface area contributed by atoms with E-state index in [4.69, 9.17) is 0 Å². The van der Waals surface area contributed by atoms with Gasteiger partial charge in [-0.2, -0.15) is 4.40 Å². The molecule has 11 heavy (non-hydrogen) atoms. The molecular weight excluding hydrogens is 138 g/mol. The molecule has 0 fully saturated rings. The number of aromatic nitrogens is 1. The maximum absolute atomic E-state index is 10.9. The van der Waals surface area contributed by atoms with E-state index in [2.05, 4.69) is 0 Å². The van der Waals surface area contributed by atoms with E-state index in [-0.39, 0.29) is 5.75 Å². The summed E-state index contributed by atoms with van der Waals surface area (Å²) in [6.45, 7) is 0. The van der Waals surface area contributed by atoms with Gasteiger partial charge in [0, 0.05) is 18.2 Å². The highest BCUT2D eigenvalue weighted by Gasteiger charge is 1.95. The molecule has 2 aromatic rings. The van der Waals surface area contributed by atoms with Crippen LogP contribution in [0.1, 0.15) is 0 Å². The molecule has 2 rings (SSSR count). The van der Waals surface area contributed by atoms with Crippen molar-refractivity contribution in [3.8, 4) is 5.75 Å². The van der Waals surface area contributed by atoms with Gasteiger partial charge in [0.2, 0.25) is 5.52 Å². The Kier molecular flexibility index (Phi) is 1.25. The molecule has 2 heterocycles. The van der Waals surface area contributed by atoms with Crippen LogP contribution in [0.25, 0.3) is 5.52 Å². The molecule has 54 valence electrons. The molecule has 0 aromatic carbocycles. The second-order valence-corrected chi connectivity index (χ2v) is 2.40. The van der Waals surface area contributed by atoms with Gasteiger partial charge in [-0.25, -0.2) is 0 Å². The van der Waals surface area contributed by atoms with Gasteiger partial charge in [0.15, 0.2) is 12.4 Å². The van der Waals surface area contributed by atoms with Gasteiger partial charge in [-0.05, 0) is 11.8 Å². The molecule has 2 aromatic heterocycles. The highest BCUT2D eigenvalue weighted by Crippen LogP contribution is 2.01. The molecular formula is C9H7NO. The normalized spacial score (nSPS) is 10.2. The topological polar surface area (TPSA) is 27.2 Å². The second-order valence-electron chi connectivity index (χ2n) is 2.40. The first-order chi connectivity index (χ1) is 5.36. The van der Waals surface area contributed by atoms with Gasteiger partial charge in [-0.1, -0.05) is 6.07 Å². The zero-order valence-electron chi connectivity index (χ0n) is 5.90. The summed E-state index contributed by atoms with van der Waals surface area (Å²) in [4.78, 5) is 0. The molecule has 0 spiro atoms. The van der Waals surface area contributed by atoms with Gasteiger partial charge in [-0.15, -0.1) is 0 Å². The smallest absolute Gasteiger partial charge is 0.210 e. The fourth-order valence-corrected chi connectivity index (χ4v) is 1.08. The van der Waals surface area contributed by atoms with Crippen molar-refractivity contribution in [3.05, 3.63) is 42.7 Å². The largest absolute Gasteiger partial charge is 0.868 e. The summed E-state index contributed by atoms with van der Waals surface area (Å²) in [5.41, 5.74) is 1.03. The van der Waals surface area contributed by atoms with Gasteiger partial charge in [0.1, 0.15) is 0 Å². The molecule has 2 nitrogen and oxygen atoms in total. The lowest BCUT2D eigenvalue weighted by Gasteiger charge is -1.98. The fraction of sp³-hybridized carbons (Fsp3) is 0. The molecule has 0 saturated carbocycles. The molecule has 0 N–H and O–H groups in total. The van der Waals surface area contributed by atoms with E-state index >= 15 is 0 Å². The minimum Gasteiger partial charge on any atom is -0.868 e. The monoisotopic (exact) mass is 145 g/mol. The predicted molar refractivity (Wildman–Crippen MR) is 39.0 cm³/mol. The Labute approximate surface area is 64.4 Å². The fourth-order valence-electron chi connectivity index (χ4n) is 1.08. The number of hydrogen-bond acceptors (Lipinski definition) is 1. The Bertz CT molecular complexity index is 384. The summed E-state index contributed by atoms with van der Waals surface area (Å²) in [7, 11) is 0. The van der Waals surface area contributed by atoms with E-state index in [9.17, 15) is 5.11 Å². The van der Waals surface area contributed by atoms with E-state index in [0.717, 1.165) is 5.52 Å². The third-order valence-corrected chi connectivity index (χ3v) is 1.61. The first-order valence-electron chi connectivity index (χ1n) is 3.43. The maximum atomic E-state index is 10.9. The third kappa shape index (κ3) is 1.03. The number of rotatable bonds is 0. The van der Waals surface area contributed by atoms with Crippen molar-refractivity contribution in [2.45, 2.75) is 0 Å². The quantitative estimate of drug-likeness (QED) is 0.496. The molecule has 0 radical (unpaired) electrons. The highest BCUT2D eigenvalue weighted by atomic mass is 16.3. The summed E-state index contributed by atoms with van der Waals surface area (Å²) >= 11 is 0. The molecule has 0 unspecified atom stereocenters. The Balaban J connectivity index is 2.83. The van der Waals surface area contributed by atoms with Crippen LogP contribution in [0.2, 0.25) is 0 Å². The summed E-state index contributed by atoms with van der Waals surface area (Å²) in [5.74, 6) is 0.0358. The lowest BCUT2D eigenvalue weighted by Crippen LogP contribution is -2.20. The summed E-state index contributed by atoms with van der Waals surface area (Å²) in [5, 5.41) is 10.9. The van der Waals surface area contributed by atoms with Crippen LogP contribution in [-0.2, 0) is 0 Å². The van der Waals surface area contributed by atoms with Crippen LogP contribution < -0.4 is 9.51 Å². The summed E-state index contributed by atoms with van der Waals surface area (Å²) in [6, 6.07) is 9.17. The first kappa shape index (κ1) is 6.16. The third-order valence-electron chi connectivity index (χ3n) is 1.61. The van der Waals surface area contributed by atoms with Crippen LogP contribution in [-0.4, -0.2) is 0 Å². The summed E-state index contributed by atoms with van der Waals surface area (Å²) in [6.07, 6.45) is 3.42. The van der Waals surface area contributed by atoms with Crippen molar-refractivity contribution in [2.75, 3.05) is 0 Å². The van der Waals surface area contributed by atoms with Crippen LogP contribution in [0.4, 0.5) is 0 Å². The lowest BCUT2D eigenvalue weighted by atomic mass is 10.3. The minimum absolute atomic E-state index is 0.0358. The molecule has 0 aliphatic carbocycles. The molecule has 0 saturated heterocycles. The Hall–Kier alpha value is -1.57. The second kappa shape index (κ2) is 2.23. The number of nitrogens with zero attached hydrogens (tertiary/aromatic N) is 1. The van der Waals surface area contributed by atoms with Crippen molar-refractivity contribution in [1.29, 1.82) is 0 Å².